The Morgan fingerprint density at radius 1 is 1.00 bits per heavy atom. The first-order chi connectivity index (χ1) is 10.9. The van der Waals surface area contributed by atoms with Gasteiger partial charge in [0.05, 0.1) is 24.3 Å². The number of amides is 1. The molecule has 3 heteroatoms. The van der Waals surface area contributed by atoms with E-state index >= 15 is 0 Å². The molecule has 0 aliphatic carbocycles. The van der Waals surface area contributed by atoms with Crippen LogP contribution in [0.25, 0.3) is 0 Å². The van der Waals surface area contributed by atoms with Gasteiger partial charge in [-0.05, 0) is 17.7 Å². The van der Waals surface area contributed by atoms with Crippen LogP contribution in [0.15, 0.2) is 59.6 Å². The van der Waals surface area contributed by atoms with Crippen molar-refractivity contribution < 1.29 is 4.79 Å². The highest BCUT2D eigenvalue weighted by molar-refractivity contribution is 6.13. The third-order valence-corrected chi connectivity index (χ3v) is 4.10. The number of carbonyl (C=O) groups excluding carboxylic acids is 1. The Bertz CT molecular complexity index is 742. The molecule has 1 amide bonds. The van der Waals surface area contributed by atoms with E-state index in [4.69, 9.17) is 4.99 Å². The molecule has 0 aromatic heterocycles. The van der Waals surface area contributed by atoms with Gasteiger partial charge in [0.1, 0.15) is 0 Å². The molecule has 0 fully saturated rings. The number of rotatable bonds is 2. The summed E-state index contributed by atoms with van der Waals surface area (Å²) in [5.41, 5.74) is 3.70. The lowest BCUT2D eigenvalue weighted by Crippen LogP contribution is -2.33. The fourth-order valence-corrected chi connectivity index (χ4v) is 2.72. The number of aliphatic imine (C=N–C) groups is 1. The van der Waals surface area contributed by atoms with Crippen molar-refractivity contribution in [3.8, 4) is 0 Å². The number of anilines is 1. The molecule has 0 bridgehead atoms. The lowest BCUT2D eigenvalue weighted by Gasteiger charge is -2.23. The van der Waals surface area contributed by atoms with Crippen LogP contribution in [0.3, 0.4) is 0 Å². The summed E-state index contributed by atoms with van der Waals surface area (Å²) >= 11 is 0. The van der Waals surface area contributed by atoms with Gasteiger partial charge in [-0.1, -0.05) is 63.2 Å². The molecular weight excluding hydrogens is 284 g/mol. The highest BCUT2D eigenvalue weighted by atomic mass is 16.2. The van der Waals surface area contributed by atoms with Crippen LogP contribution in [0.1, 0.15) is 32.8 Å². The maximum absolute atomic E-state index is 12.9. The fourth-order valence-electron chi connectivity index (χ4n) is 2.72. The first-order valence-corrected chi connectivity index (χ1v) is 7.96. The third-order valence-electron chi connectivity index (χ3n) is 4.10. The average molecular weight is 306 g/mol. The van der Waals surface area contributed by atoms with Gasteiger partial charge in [-0.15, -0.1) is 0 Å². The minimum absolute atomic E-state index is 0.104. The van der Waals surface area contributed by atoms with Crippen molar-refractivity contribution >= 4 is 23.0 Å². The van der Waals surface area contributed by atoms with Crippen LogP contribution in [0.2, 0.25) is 0 Å². The Balaban J connectivity index is 2.03. The van der Waals surface area contributed by atoms with Crippen molar-refractivity contribution in [3.63, 3.8) is 0 Å². The van der Waals surface area contributed by atoms with Crippen molar-refractivity contribution in [2.24, 2.45) is 10.4 Å². The summed E-state index contributed by atoms with van der Waals surface area (Å²) in [6.45, 7) is 6.89. The summed E-state index contributed by atoms with van der Waals surface area (Å²) in [7, 11) is 0. The number of nitrogens with zero attached hydrogens (tertiary/aromatic N) is 2. The van der Waals surface area contributed by atoms with Crippen LogP contribution >= 0.6 is 0 Å². The van der Waals surface area contributed by atoms with Gasteiger partial charge in [-0.3, -0.25) is 9.79 Å². The van der Waals surface area contributed by atoms with Gasteiger partial charge in [0.2, 0.25) is 5.91 Å². The number of carbonyl (C=O) groups is 1. The van der Waals surface area contributed by atoms with E-state index in [1.807, 2.05) is 59.5 Å². The van der Waals surface area contributed by atoms with Crippen molar-refractivity contribution in [2.75, 3.05) is 4.90 Å². The van der Waals surface area contributed by atoms with Gasteiger partial charge in [0, 0.05) is 11.1 Å². The normalized spacial score (nSPS) is 15.0. The molecule has 0 radical (unpaired) electrons. The van der Waals surface area contributed by atoms with E-state index in [2.05, 4.69) is 20.8 Å². The topological polar surface area (TPSA) is 32.7 Å². The predicted octanol–water partition coefficient (Wildman–Crippen LogP) is 4.74. The van der Waals surface area contributed by atoms with Crippen LogP contribution in [0, 0.1) is 5.41 Å². The van der Waals surface area contributed by atoms with E-state index in [1.165, 1.54) is 0 Å². The number of para-hydroxylation sites is 2. The van der Waals surface area contributed by atoms with Crippen LogP contribution in [0.4, 0.5) is 11.4 Å². The van der Waals surface area contributed by atoms with E-state index in [-0.39, 0.29) is 11.3 Å². The quantitative estimate of drug-likeness (QED) is 0.788. The van der Waals surface area contributed by atoms with Crippen molar-refractivity contribution in [3.05, 3.63) is 60.2 Å². The molecule has 0 atom stereocenters. The molecule has 3 rings (SSSR count). The molecule has 0 saturated carbocycles. The molecule has 0 N–H and O–H groups in total. The summed E-state index contributed by atoms with van der Waals surface area (Å²) in [6, 6.07) is 18.0. The summed E-state index contributed by atoms with van der Waals surface area (Å²) < 4.78 is 0. The second kappa shape index (κ2) is 5.99. The second-order valence-electron chi connectivity index (χ2n) is 6.94. The monoisotopic (exact) mass is 306 g/mol. The van der Waals surface area contributed by atoms with E-state index in [1.54, 1.807) is 0 Å². The van der Waals surface area contributed by atoms with Gasteiger partial charge in [-0.2, -0.15) is 0 Å². The number of benzene rings is 2. The summed E-state index contributed by atoms with van der Waals surface area (Å²) in [4.78, 5) is 19.5. The Kier molecular flexibility index (Phi) is 4.03. The highest BCUT2D eigenvalue weighted by Crippen LogP contribution is 2.35. The lowest BCUT2D eigenvalue weighted by atomic mass is 9.87. The molecule has 0 spiro atoms. The smallest absolute Gasteiger partial charge is 0.233 e. The summed E-state index contributed by atoms with van der Waals surface area (Å²) in [5.74, 6) is 0.104. The SMILES string of the molecule is CC(C)(C)C1=Nc2ccccc2N(Cc2ccccc2)C(=O)C1. The minimum Gasteiger partial charge on any atom is -0.306 e. The molecule has 23 heavy (non-hydrogen) atoms. The molecule has 118 valence electrons. The van der Waals surface area contributed by atoms with Crippen LogP contribution in [0.5, 0.6) is 0 Å². The van der Waals surface area contributed by atoms with Crippen molar-refractivity contribution in [2.45, 2.75) is 33.7 Å². The molecule has 0 unspecified atom stereocenters. The fraction of sp³-hybridized carbons (Fsp3) is 0.300. The summed E-state index contributed by atoms with van der Waals surface area (Å²) in [6.07, 6.45) is 0.366. The van der Waals surface area contributed by atoms with Crippen LogP contribution in [-0.4, -0.2) is 11.6 Å². The molecule has 1 heterocycles. The number of hydrogen-bond acceptors (Lipinski definition) is 2. The molecular formula is C20H22N2O. The first kappa shape index (κ1) is 15.5. The number of hydrogen-bond donors (Lipinski definition) is 0. The zero-order chi connectivity index (χ0) is 16.4. The van der Waals surface area contributed by atoms with Crippen LogP contribution in [-0.2, 0) is 11.3 Å². The summed E-state index contributed by atoms with van der Waals surface area (Å²) in [5, 5.41) is 0. The van der Waals surface area contributed by atoms with Gasteiger partial charge >= 0.3 is 0 Å². The predicted molar refractivity (Wildman–Crippen MR) is 95.2 cm³/mol. The Hall–Kier alpha value is -2.42. The number of fused-ring (bicyclic) bond motifs is 1. The van der Waals surface area contributed by atoms with Gasteiger partial charge < -0.3 is 4.90 Å². The van der Waals surface area contributed by atoms with E-state index in [9.17, 15) is 4.79 Å². The second-order valence-corrected chi connectivity index (χ2v) is 6.94. The third kappa shape index (κ3) is 3.34. The largest absolute Gasteiger partial charge is 0.306 e. The van der Waals surface area contributed by atoms with Crippen molar-refractivity contribution in [1.29, 1.82) is 0 Å². The van der Waals surface area contributed by atoms with Gasteiger partial charge in [-0.25, -0.2) is 0 Å². The Morgan fingerprint density at radius 2 is 1.65 bits per heavy atom. The van der Waals surface area contributed by atoms with Crippen LogP contribution < -0.4 is 4.90 Å². The van der Waals surface area contributed by atoms with E-state index in [0.29, 0.717) is 13.0 Å². The first-order valence-electron chi connectivity index (χ1n) is 7.96. The van der Waals surface area contributed by atoms with E-state index in [0.717, 1.165) is 22.6 Å². The maximum Gasteiger partial charge on any atom is 0.233 e. The van der Waals surface area contributed by atoms with Gasteiger partial charge in [0.25, 0.3) is 0 Å². The van der Waals surface area contributed by atoms with Gasteiger partial charge in [0.15, 0.2) is 0 Å². The standard InChI is InChI=1S/C20H22N2O/c1-20(2,3)18-13-19(23)22(14-15-9-5-4-6-10-15)17-12-8-7-11-16(17)21-18/h4-12H,13-14H2,1-3H3. The highest BCUT2D eigenvalue weighted by Gasteiger charge is 2.29. The molecule has 3 nitrogen and oxygen atoms in total. The zero-order valence-electron chi connectivity index (χ0n) is 13.9. The van der Waals surface area contributed by atoms with E-state index < -0.39 is 0 Å². The maximum atomic E-state index is 12.9. The zero-order valence-corrected chi connectivity index (χ0v) is 13.9. The average Bonchev–Trinajstić information content (AvgIpc) is 2.66. The Labute approximate surface area is 137 Å². The molecule has 0 saturated heterocycles. The van der Waals surface area contributed by atoms with Crippen molar-refractivity contribution in [1.82, 2.24) is 0 Å². The molecule has 1 aliphatic heterocycles. The molecule has 2 aromatic rings. The Morgan fingerprint density at radius 3 is 2.35 bits per heavy atom. The molecule has 1 aliphatic rings. The minimum atomic E-state index is -0.120. The lowest BCUT2D eigenvalue weighted by molar-refractivity contribution is -0.117. The molecule has 2 aromatic carbocycles.